The third kappa shape index (κ3) is 3.17. The average molecular weight is 357 g/mol. The molecule has 0 amide bonds. The van der Waals surface area contributed by atoms with Crippen LogP contribution in [0.5, 0.6) is 5.75 Å². The van der Waals surface area contributed by atoms with Crippen molar-refractivity contribution in [2.24, 2.45) is 0 Å². The standard InChI is InChI=1S/C24H23NO2/c1-17-12-13-20(19(16-17)14-15-26-3)21-10-7-11-22-23(21)27-24(25(22)2)18-8-5-4-6-9-18/h4-16,24H,1-3H3/b15-14+. The summed E-state index contributed by atoms with van der Waals surface area (Å²) in [6, 6.07) is 23.1. The van der Waals surface area contributed by atoms with Gasteiger partial charge in [-0.25, -0.2) is 0 Å². The summed E-state index contributed by atoms with van der Waals surface area (Å²) in [5, 5.41) is 0. The van der Waals surface area contributed by atoms with Crippen LogP contribution in [0.2, 0.25) is 0 Å². The number of rotatable bonds is 4. The molecular formula is C24H23NO2. The molecule has 0 fully saturated rings. The van der Waals surface area contributed by atoms with Gasteiger partial charge in [-0.15, -0.1) is 0 Å². The fourth-order valence-electron chi connectivity index (χ4n) is 3.57. The third-order valence-electron chi connectivity index (χ3n) is 4.92. The SMILES string of the molecule is CO/C=C/c1cc(C)ccc1-c1cccc2c1OC(c1ccccc1)N2C. The largest absolute Gasteiger partial charge is 0.504 e. The Morgan fingerprint density at radius 3 is 2.56 bits per heavy atom. The Bertz CT molecular complexity index is 979. The molecule has 0 bridgehead atoms. The van der Waals surface area contributed by atoms with Crippen LogP contribution in [0.15, 0.2) is 73.0 Å². The van der Waals surface area contributed by atoms with Gasteiger partial charge in [-0.3, -0.25) is 0 Å². The van der Waals surface area contributed by atoms with E-state index in [1.807, 2.05) is 24.3 Å². The van der Waals surface area contributed by atoms with E-state index in [1.54, 1.807) is 13.4 Å². The van der Waals surface area contributed by atoms with Crippen molar-refractivity contribution in [2.45, 2.75) is 13.2 Å². The number of hydrogen-bond donors (Lipinski definition) is 0. The molecule has 0 spiro atoms. The van der Waals surface area contributed by atoms with E-state index in [1.165, 1.54) is 5.56 Å². The van der Waals surface area contributed by atoms with E-state index in [4.69, 9.17) is 9.47 Å². The van der Waals surface area contributed by atoms with Gasteiger partial charge in [0.1, 0.15) is 0 Å². The molecule has 0 saturated carbocycles. The molecule has 0 aliphatic carbocycles. The number of ether oxygens (including phenoxy) is 2. The first-order valence-electron chi connectivity index (χ1n) is 9.07. The predicted octanol–water partition coefficient (Wildman–Crippen LogP) is 5.81. The quantitative estimate of drug-likeness (QED) is 0.550. The van der Waals surface area contributed by atoms with Gasteiger partial charge in [0, 0.05) is 18.2 Å². The zero-order chi connectivity index (χ0) is 18.8. The van der Waals surface area contributed by atoms with E-state index < -0.39 is 0 Å². The van der Waals surface area contributed by atoms with Gasteiger partial charge in [0.05, 0.1) is 19.1 Å². The molecule has 0 aromatic heterocycles. The van der Waals surface area contributed by atoms with Crippen molar-refractivity contribution >= 4 is 11.8 Å². The van der Waals surface area contributed by atoms with Crippen molar-refractivity contribution in [1.29, 1.82) is 0 Å². The third-order valence-corrected chi connectivity index (χ3v) is 4.92. The van der Waals surface area contributed by atoms with Gasteiger partial charge in [0.15, 0.2) is 12.0 Å². The second-order valence-electron chi connectivity index (χ2n) is 6.77. The van der Waals surface area contributed by atoms with Crippen molar-refractivity contribution in [2.75, 3.05) is 19.1 Å². The molecule has 1 unspecified atom stereocenters. The highest BCUT2D eigenvalue weighted by Gasteiger charge is 2.31. The zero-order valence-corrected chi connectivity index (χ0v) is 15.8. The number of nitrogens with zero attached hydrogens (tertiary/aromatic N) is 1. The smallest absolute Gasteiger partial charge is 0.198 e. The van der Waals surface area contributed by atoms with Crippen molar-refractivity contribution in [1.82, 2.24) is 0 Å². The van der Waals surface area contributed by atoms with E-state index in [0.717, 1.165) is 33.7 Å². The lowest BCUT2D eigenvalue weighted by Crippen LogP contribution is -2.22. The first-order chi connectivity index (χ1) is 13.2. The maximum Gasteiger partial charge on any atom is 0.198 e. The van der Waals surface area contributed by atoms with Gasteiger partial charge < -0.3 is 14.4 Å². The van der Waals surface area contributed by atoms with Gasteiger partial charge in [-0.2, -0.15) is 0 Å². The van der Waals surface area contributed by atoms with Crippen LogP contribution in [0.25, 0.3) is 17.2 Å². The maximum absolute atomic E-state index is 6.45. The zero-order valence-electron chi connectivity index (χ0n) is 15.8. The van der Waals surface area contributed by atoms with Crippen LogP contribution >= 0.6 is 0 Å². The predicted molar refractivity (Wildman–Crippen MR) is 111 cm³/mol. The summed E-state index contributed by atoms with van der Waals surface area (Å²) in [6.45, 7) is 2.10. The molecule has 1 aliphatic rings. The molecule has 3 nitrogen and oxygen atoms in total. The molecule has 27 heavy (non-hydrogen) atoms. The van der Waals surface area contributed by atoms with Gasteiger partial charge in [0.25, 0.3) is 0 Å². The Hall–Kier alpha value is -3.20. The molecule has 0 saturated heterocycles. The van der Waals surface area contributed by atoms with Crippen LogP contribution in [0.1, 0.15) is 22.9 Å². The highest BCUT2D eigenvalue weighted by Crippen LogP contribution is 2.48. The normalized spacial score (nSPS) is 15.7. The molecule has 136 valence electrons. The minimum atomic E-state index is -0.120. The second-order valence-corrected chi connectivity index (χ2v) is 6.77. The average Bonchev–Trinajstić information content (AvgIpc) is 3.04. The molecule has 0 N–H and O–H groups in total. The lowest BCUT2D eigenvalue weighted by Gasteiger charge is -2.20. The summed E-state index contributed by atoms with van der Waals surface area (Å²) in [4.78, 5) is 2.19. The van der Waals surface area contributed by atoms with Crippen LogP contribution in [0, 0.1) is 6.92 Å². The van der Waals surface area contributed by atoms with E-state index in [0.29, 0.717) is 0 Å². The first kappa shape index (κ1) is 17.2. The van der Waals surface area contributed by atoms with Crippen molar-refractivity contribution in [3.63, 3.8) is 0 Å². The Labute approximate surface area is 160 Å². The fraction of sp³-hybridized carbons (Fsp3) is 0.167. The van der Waals surface area contributed by atoms with Crippen molar-refractivity contribution < 1.29 is 9.47 Å². The van der Waals surface area contributed by atoms with E-state index >= 15 is 0 Å². The number of aryl methyl sites for hydroxylation is 1. The first-order valence-corrected chi connectivity index (χ1v) is 9.07. The molecule has 1 atom stereocenters. The van der Waals surface area contributed by atoms with Crippen LogP contribution in [-0.2, 0) is 4.74 Å². The van der Waals surface area contributed by atoms with Crippen LogP contribution in [0.3, 0.4) is 0 Å². The highest BCUT2D eigenvalue weighted by atomic mass is 16.5. The molecule has 4 rings (SSSR count). The Balaban J connectivity index is 1.81. The minimum Gasteiger partial charge on any atom is -0.504 e. The molecule has 1 aliphatic heterocycles. The monoisotopic (exact) mass is 357 g/mol. The highest BCUT2D eigenvalue weighted by molar-refractivity contribution is 5.85. The van der Waals surface area contributed by atoms with E-state index in [9.17, 15) is 0 Å². The second kappa shape index (κ2) is 7.20. The molecule has 3 aromatic rings. The lowest BCUT2D eigenvalue weighted by molar-refractivity contribution is 0.236. The number of para-hydroxylation sites is 1. The van der Waals surface area contributed by atoms with Crippen LogP contribution in [-0.4, -0.2) is 14.2 Å². The summed E-state index contributed by atoms with van der Waals surface area (Å²) >= 11 is 0. The number of benzene rings is 3. The van der Waals surface area contributed by atoms with Gasteiger partial charge in [-0.05, 0) is 30.2 Å². The Morgan fingerprint density at radius 2 is 1.78 bits per heavy atom. The van der Waals surface area contributed by atoms with Gasteiger partial charge in [-0.1, -0.05) is 66.2 Å². The molecule has 1 heterocycles. The number of hydrogen-bond acceptors (Lipinski definition) is 3. The topological polar surface area (TPSA) is 21.7 Å². The van der Waals surface area contributed by atoms with Gasteiger partial charge in [0.2, 0.25) is 0 Å². The summed E-state index contributed by atoms with van der Waals surface area (Å²) in [5.41, 5.74) is 6.79. The number of fused-ring (bicyclic) bond motifs is 1. The minimum absolute atomic E-state index is 0.120. The van der Waals surface area contributed by atoms with Crippen molar-refractivity contribution in [3.8, 4) is 16.9 Å². The summed E-state index contributed by atoms with van der Waals surface area (Å²) in [5.74, 6) is 0.921. The van der Waals surface area contributed by atoms with Crippen LogP contribution < -0.4 is 9.64 Å². The molecule has 3 aromatic carbocycles. The fourth-order valence-corrected chi connectivity index (χ4v) is 3.57. The lowest BCUT2D eigenvalue weighted by atomic mass is 9.96. The summed E-state index contributed by atoms with van der Waals surface area (Å²) in [6.07, 6.45) is 3.58. The van der Waals surface area contributed by atoms with Crippen molar-refractivity contribution in [3.05, 3.63) is 89.7 Å². The molecular weight excluding hydrogens is 334 g/mol. The maximum atomic E-state index is 6.45. The van der Waals surface area contributed by atoms with Crippen LogP contribution in [0.4, 0.5) is 5.69 Å². The Morgan fingerprint density at radius 1 is 0.963 bits per heavy atom. The summed E-state index contributed by atoms with van der Waals surface area (Å²) in [7, 11) is 3.74. The Kier molecular flexibility index (Phi) is 4.59. The summed E-state index contributed by atoms with van der Waals surface area (Å²) < 4.78 is 11.6. The number of anilines is 1. The van der Waals surface area contributed by atoms with E-state index in [2.05, 4.69) is 67.4 Å². The number of methoxy groups -OCH3 is 1. The van der Waals surface area contributed by atoms with E-state index in [-0.39, 0.29) is 6.23 Å². The molecule has 3 heteroatoms. The molecule has 0 radical (unpaired) electrons. The van der Waals surface area contributed by atoms with Gasteiger partial charge >= 0.3 is 0 Å².